The summed E-state index contributed by atoms with van der Waals surface area (Å²) in [6.45, 7) is 1.17. The predicted molar refractivity (Wildman–Crippen MR) is 133 cm³/mol. The van der Waals surface area contributed by atoms with Crippen molar-refractivity contribution in [2.45, 2.75) is 62.2 Å². The maximum absolute atomic E-state index is 14.3. The molecule has 1 aromatic carbocycles. The van der Waals surface area contributed by atoms with Gasteiger partial charge >= 0.3 is 0 Å². The minimum atomic E-state index is -1.61. The Morgan fingerprint density at radius 2 is 1.93 bits per heavy atom. The fourth-order valence-corrected chi connectivity index (χ4v) is 5.46. The molecule has 12 nitrogen and oxygen atoms in total. The van der Waals surface area contributed by atoms with E-state index in [0.29, 0.717) is 18.8 Å². The molecule has 0 radical (unpaired) electrons. The van der Waals surface area contributed by atoms with Crippen molar-refractivity contribution in [2.24, 2.45) is 11.1 Å². The maximum atomic E-state index is 14.3. The van der Waals surface area contributed by atoms with E-state index in [-0.39, 0.29) is 23.8 Å². The Morgan fingerprint density at radius 3 is 2.60 bits per heavy atom. The van der Waals surface area contributed by atoms with Crippen LogP contribution < -0.4 is 5.32 Å². The molecule has 2 fully saturated rings. The van der Waals surface area contributed by atoms with Crippen LogP contribution in [0.1, 0.15) is 31.7 Å². The Hall–Kier alpha value is -3.11. The minimum Gasteiger partial charge on any atom is -0.483 e. The third-order valence-electron chi connectivity index (χ3n) is 7.42. The zero-order valence-electron chi connectivity index (χ0n) is 21.7. The fraction of sp³-hybridized carbons (Fsp3) is 0.600. The van der Waals surface area contributed by atoms with E-state index >= 15 is 0 Å². The number of piperidine rings is 1. The lowest BCUT2D eigenvalue weighted by atomic mass is 9.87. The van der Waals surface area contributed by atoms with Crippen molar-refractivity contribution in [3.8, 4) is 11.3 Å². The normalized spacial score (nSPS) is 28.8. The van der Waals surface area contributed by atoms with Crippen molar-refractivity contribution in [2.75, 3.05) is 26.8 Å². The summed E-state index contributed by atoms with van der Waals surface area (Å²) in [5, 5.41) is 43.3. The molecule has 4 N–H and O–H groups in total. The largest absolute Gasteiger partial charge is 0.483 e. The van der Waals surface area contributed by atoms with Gasteiger partial charge in [0.2, 0.25) is 0 Å². The molecule has 3 aliphatic heterocycles. The Labute approximate surface area is 227 Å². The van der Waals surface area contributed by atoms with E-state index in [2.05, 4.69) is 20.8 Å². The van der Waals surface area contributed by atoms with Crippen LogP contribution in [0.15, 0.2) is 23.5 Å². The summed E-state index contributed by atoms with van der Waals surface area (Å²) >= 11 is 0. The molecule has 15 heteroatoms. The monoisotopic (exact) mass is 571 g/mol. The van der Waals surface area contributed by atoms with Gasteiger partial charge in [-0.25, -0.2) is 17.9 Å². The average molecular weight is 572 g/mol. The highest BCUT2D eigenvalue weighted by atomic mass is 19.2. The molecule has 2 saturated heterocycles. The second kappa shape index (κ2) is 13.5. The molecule has 220 valence electrons. The number of carboxylic acid groups (broad SMARTS) is 1. The molecule has 0 aliphatic carbocycles. The van der Waals surface area contributed by atoms with Crippen LogP contribution >= 0.6 is 0 Å². The molecule has 2 aromatic rings. The van der Waals surface area contributed by atoms with Gasteiger partial charge in [-0.15, -0.1) is 5.10 Å². The molecule has 1 aromatic heterocycles. The van der Waals surface area contributed by atoms with E-state index in [1.807, 2.05) is 0 Å². The van der Waals surface area contributed by atoms with Gasteiger partial charge in [0.05, 0.1) is 24.6 Å². The lowest BCUT2D eigenvalue weighted by molar-refractivity contribution is -0.219. The number of nitrogens with one attached hydrogen (secondary N) is 1. The highest BCUT2D eigenvalue weighted by Gasteiger charge is 2.48. The van der Waals surface area contributed by atoms with Crippen molar-refractivity contribution in [1.29, 1.82) is 0 Å². The van der Waals surface area contributed by atoms with E-state index in [1.54, 1.807) is 0 Å². The molecular weight excluding hydrogens is 539 g/mol. The van der Waals surface area contributed by atoms with Crippen LogP contribution in [0.4, 0.5) is 13.2 Å². The standard InChI is InChI=1S/C24H30F3N5O5.CH2O2/c1-35-24-18(9-13-8-16(30-37-13)12-4-6-28-7-5-12)36-19(11-33)23(34)22(24)32-10-17(29-31-32)14-2-3-15(25)21(27)20(14)26;2-1-3/h2-3,10,12-13,18-19,22-24,28,33-34H,4-9,11H2,1H3;1H,(H,2,3)/t13?,18-,19-,22+,23+,24+;/m1./s1. The molecule has 0 amide bonds. The summed E-state index contributed by atoms with van der Waals surface area (Å²) in [6.07, 6.45) is 0.553. The number of rotatable bonds is 7. The summed E-state index contributed by atoms with van der Waals surface area (Å²) in [5.74, 6) is -3.95. The number of aliphatic hydroxyl groups is 2. The molecule has 5 rings (SSSR count). The second-order valence-corrected chi connectivity index (χ2v) is 9.76. The molecule has 40 heavy (non-hydrogen) atoms. The summed E-state index contributed by atoms with van der Waals surface area (Å²) in [5.41, 5.74) is 0.695. The number of oxime groups is 1. The summed E-state index contributed by atoms with van der Waals surface area (Å²) in [7, 11) is 1.46. The number of benzene rings is 1. The first-order valence-corrected chi connectivity index (χ1v) is 12.9. The van der Waals surface area contributed by atoms with E-state index in [0.717, 1.165) is 43.8 Å². The van der Waals surface area contributed by atoms with Crippen LogP contribution in [-0.4, -0.2) is 99.8 Å². The third kappa shape index (κ3) is 6.28. The Morgan fingerprint density at radius 1 is 1.20 bits per heavy atom. The molecule has 1 unspecified atom stereocenters. The van der Waals surface area contributed by atoms with Crippen LogP contribution in [0, 0.1) is 23.4 Å². The molecule has 0 spiro atoms. The molecular formula is C25H32F3N5O7. The van der Waals surface area contributed by atoms with Gasteiger partial charge in [0.25, 0.3) is 6.47 Å². The van der Waals surface area contributed by atoms with Crippen molar-refractivity contribution >= 4 is 12.2 Å². The highest BCUT2D eigenvalue weighted by Crippen LogP contribution is 2.36. The first kappa shape index (κ1) is 29.9. The van der Waals surface area contributed by atoms with Gasteiger partial charge < -0.3 is 34.9 Å². The van der Waals surface area contributed by atoms with Gasteiger partial charge in [-0.1, -0.05) is 10.4 Å². The average Bonchev–Trinajstić information content (AvgIpc) is 3.63. The zero-order chi connectivity index (χ0) is 28.8. The number of ether oxygens (including phenoxy) is 2. The van der Waals surface area contributed by atoms with Crippen LogP contribution in [0.25, 0.3) is 11.3 Å². The van der Waals surface area contributed by atoms with Crippen LogP contribution in [0.2, 0.25) is 0 Å². The van der Waals surface area contributed by atoms with Crippen molar-refractivity contribution < 1.29 is 47.6 Å². The quantitative estimate of drug-likeness (QED) is 0.282. The summed E-state index contributed by atoms with van der Waals surface area (Å²) in [6, 6.07) is 0.988. The Balaban J connectivity index is 0.00000118. The summed E-state index contributed by atoms with van der Waals surface area (Å²) < 4.78 is 54.5. The predicted octanol–water partition coefficient (Wildman–Crippen LogP) is 1.27. The number of halogens is 3. The van der Waals surface area contributed by atoms with E-state index in [1.165, 1.54) is 18.0 Å². The minimum absolute atomic E-state index is 0.0545. The third-order valence-corrected chi connectivity index (χ3v) is 7.42. The van der Waals surface area contributed by atoms with Gasteiger partial charge in [-0.2, -0.15) is 0 Å². The van der Waals surface area contributed by atoms with Gasteiger partial charge in [-0.05, 0) is 38.1 Å². The van der Waals surface area contributed by atoms with Gasteiger partial charge in [0.15, 0.2) is 17.5 Å². The van der Waals surface area contributed by atoms with Crippen LogP contribution in [-0.2, 0) is 19.1 Å². The number of hydrogen-bond donors (Lipinski definition) is 4. The number of nitrogens with zero attached hydrogens (tertiary/aromatic N) is 4. The number of carbonyl (C=O) groups is 1. The molecule has 0 saturated carbocycles. The fourth-order valence-electron chi connectivity index (χ4n) is 5.46. The SMILES string of the molecule is CO[C@@H]1[C@@H](n2cc(-c3ccc(F)c(F)c3F)nn2)[C@@H](O)[C@@H](CO)O[C@@H]1CC1CC(C2CCNCC2)=NO1.O=CO. The number of aromatic nitrogens is 3. The molecule has 0 bridgehead atoms. The zero-order valence-corrected chi connectivity index (χ0v) is 21.7. The number of aliphatic hydroxyl groups excluding tert-OH is 2. The van der Waals surface area contributed by atoms with Crippen LogP contribution in [0.3, 0.4) is 0 Å². The van der Waals surface area contributed by atoms with Crippen LogP contribution in [0.5, 0.6) is 0 Å². The second-order valence-electron chi connectivity index (χ2n) is 9.76. The van der Waals surface area contributed by atoms with Gasteiger partial charge in [0, 0.05) is 31.4 Å². The highest BCUT2D eigenvalue weighted by molar-refractivity contribution is 5.87. The van der Waals surface area contributed by atoms with Crippen molar-refractivity contribution in [3.05, 3.63) is 35.8 Å². The lowest BCUT2D eigenvalue weighted by Gasteiger charge is -2.44. The lowest BCUT2D eigenvalue weighted by Crippen LogP contribution is -2.57. The van der Waals surface area contributed by atoms with E-state index in [4.69, 9.17) is 24.2 Å². The summed E-state index contributed by atoms with van der Waals surface area (Å²) in [4.78, 5) is 14.1. The molecule has 4 heterocycles. The Kier molecular flexibility index (Phi) is 10.1. The van der Waals surface area contributed by atoms with Crippen molar-refractivity contribution in [1.82, 2.24) is 20.3 Å². The first-order valence-electron chi connectivity index (χ1n) is 12.9. The van der Waals surface area contributed by atoms with Gasteiger partial charge in [-0.3, -0.25) is 4.79 Å². The maximum Gasteiger partial charge on any atom is 0.290 e. The molecule has 3 aliphatic rings. The van der Waals surface area contributed by atoms with E-state index < -0.39 is 54.5 Å². The number of methoxy groups -OCH3 is 1. The Bertz CT molecular complexity index is 1180. The number of hydrogen-bond acceptors (Lipinski definition) is 10. The first-order chi connectivity index (χ1) is 19.3. The molecule has 6 atom stereocenters. The topological polar surface area (TPSA) is 161 Å². The van der Waals surface area contributed by atoms with E-state index in [9.17, 15) is 23.4 Å². The van der Waals surface area contributed by atoms with Gasteiger partial charge in [0.1, 0.15) is 36.2 Å². The van der Waals surface area contributed by atoms with Crippen molar-refractivity contribution in [3.63, 3.8) is 0 Å². The smallest absolute Gasteiger partial charge is 0.290 e.